The smallest absolute Gasteiger partial charge is 0.326 e. The molecule has 7 nitrogen and oxygen atoms in total. The highest BCUT2D eigenvalue weighted by molar-refractivity contribution is 7.13. The largest absolute Gasteiger partial charge is 0.458 e. The van der Waals surface area contributed by atoms with E-state index in [9.17, 15) is 14.4 Å². The lowest BCUT2D eigenvalue weighted by molar-refractivity contribution is -0.149. The Labute approximate surface area is 173 Å². The Hall–Kier alpha value is -2.74. The van der Waals surface area contributed by atoms with Gasteiger partial charge in [-0.3, -0.25) is 14.5 Å². The van der Waals surface area contributed by atoms with Crippen LogP contribution in [0.3, 0.4) is 0 Å². The Morgan fingerprint density at radius 1 is 1.31 bits per heavy atom. The molecule has 2 fully saturated rings. The van der Waals surface area contributed by atoms with Gasteiger partial charge in [-0.05, 0) is 18.8 Å². The Bertz CT molecular complexity index is 929. The van der Waals surface area contributed by atoms with E-state index in [2.05, 4.69) is 10.3 Å². The number of benzene rings is 1. The maximum atomic E-state index is 12.9. The predicted molar refractivity (Wildman–Crippen MR) is 108 cm³/mol. The van der Waals surface area contributed by atoms with Crippen molar-refractivity contribution in [3.05, 3.63) is 41.4 Å². The van der Waals surface area contributed by atoms with Gasteiger partial charge in [-0.1, -0.05) is 50.1 Å². The van der Waals surface area contributed by atoms with Crippen LogP contribution in [0.4, 0.5) is 4.79 Å². The third kappa shape index (κ3) is 3.76. The van der Waals surface area contributed by atoms with Crippen LogP contribution in [0.5, 0.6) is 0 Å². The van der Waals surface area contributed by atoms with E-state index >= 15 is 0 Å². The minimum absolute atomic E-state index is 0.00730. The summed E-state index contributed by atoms with van der Waals surface area (Å²) in [6, 6.07) is 9.24. The van der Waals surface area contributed by atoms with Crippen LogP contribution < -0.4 is 5.32 Å². The van der Waals surface area contributed by atoms with Gasteiger partial charge in [0.15, 0.2) is 0 Å². The van der Waals surface area contributed by atoms with Crippen LogP contribution in [0.15, 0.2) is 35.7 Å². The molecule has 1 saturated heterocycles. The number of nitrogens with zero attached hydrogens (tertiary/aromatic N) is 2. The molecular weight excluding hydrogens is 390 g/mol. The van der Waals surface area contributed by atoms with Crippen molar-refractivity contribution in [1.29, 1.82) is 0 Å². The van der Waals surface area contributed by atoms with Gasteiger partial charge in [-0.2, -0.15) is 0 Å². The summed E-state index contributed by atoms with van der Waals surface area (Å²) >= 11 is 1.47. The van der Waals surface area contributed by atoms with Gasteiger partial charge in [0, 0.05) is 10.9 Å². The molecule has 4 rings (SSSR count). The van der Waals surface area contributed by atoms with Gasteiger partial charge in [0.05, 0.1) is 5.69 Å². The van der Waals surface area contributed by atoms with E-state index in [4.69, 9.17) is 4.74 Å². The number of ether oxygens (including phenoxy) is 1. The molecule has 1 aliphatic carbocycles. The highest BCUT2D eigenvalue weighted by atomic mass is 32.1. The second kappa shape index (κ2) is 7.94. The summed E-state index contributed by atoms with van der Waals surface area (Å²) in [5.74, 6) is -0.880. The summed E-state index contributed by atoms with van der Waals surface area (Å²) in [5, 5.41) is 5.52. The van der Waals surface area contributed by atoms with Crippen LogP contribution in [0.25, 0.3) is 10.6 Å². The third-order valence-electron chi connectivity index (χ3n) is 5.74. The summed E-state index contributed by atoms with van der Waals surface area (Å²) < 4.78 is 5.27. The molecule has 152 valence electrons. The number of imide groups is 1. The third-order valence-corrected chi connectivity index (χ3v) is 6.68. The van der Waals surface area contributed by atoms with Crippen molar-refractivity contribution in [2.24, 2.45) is 5.92 Å². The second-order valence-electron chi connectivity index (χ2n) is 7.61. The molecule has 2 aromatic rings. The standard InChI is InChI=1S/C21H23N3O4S/c1-14-7-5-6-10-21(14)19(26)24(20(27)23-21)11-17(25)28-12-16-13-29-18(22-16)15-8-3-2-4-9-15/h2-4,8-9,13-14H,5-7,10-12H2,1H3,(H,23,27)/t14-,21+/m1/s1. The maximum Gasteiger partial charge on any atom is 0.326 e. The molecule has 2 aliphatic rings. The van der Waals surface area contributed by atoms with Crippen molar-refractivity contribution < 1.29 is 19.1 Å². The van der Waals surface area contributed by atoms with Crippen molar-refractivity contribution in [3.63, 3.8) is 0 Å². The Morgan fingerprint density at radius 3 is 2.86 bits per heavy atom. The number of rotatable bonds is 5. The number of urea groups is 1. The van der Waals surface area contributed by atoms with Gasteiger partial charge in [-0.15, -0.1) is 11.3 Å². The average Bonchev–Trinajstić information content (AvgIpc) is 3.29. The van der Waals surface area contributed by atoms with Crippen LogP contribution >= 0.6 is 11.3 Å². The first-order valence-electron chi connectivity index (χ1n) is 9.79. The first kappa shape index (κ1) is 19.6. The minimum Gasteiger partial charge on any atom is -0.458 e. The Balaban J connectivity index is 1.35. The van der Waals surface area contributed by atoms with E-state index in [1.807, 2.05) is 42.6 Å². The van der Waals surface area contributed by atoms with Crippen molar-refractivity contribution in [3.8, 4) is 10.6 Å². The topological polar surface area (TPSA) is 88.6 Å². The fourth-order valence-electron chi connectivity index (χ4n) is 4.05. The Kier molecular flexibility index (Phi) is 5.36. The molecule has 1 saturated carbocycles. The number of nitrogens with one attached hydrogen (secondary N) is 1. The number of amides is 3. The zero-order valence-electron chi connectivity index (χ0n) is 16.2. The van der Waals surface area contributed by atoms with Gasteiger partial charge >= 0.3 is 12.0 Å². The second-order valence-corrected chi connectivity index (χ2v) is 8.47. The van der Waals surface area contributed by atoms with Gasteiger partial charge in [0.1, 0.15) is 23.7 Å². The number of aromatic nitrogens is 1. The summed E-state index contributed by atoms with van der Waals surface area (Å²) in [5.41, 5.74) is 0.771. The van der Waals surface area contributed by atoms with Gasteiger partial charge in [0.25, 0.3) is 5.91 Å². The molecule has 29 heavy (non-hydrogen) atoms. The quantitative estimate of drug-likeness (QED) is 0.600. The number of thiazole rings is 1. The molecule has 0 radical (unpaired) electrons. The zero-order valence-corrected chi connectivity index (χ0v) is 17.0. The van der Waals surface area contributed by atoms with Gasteiger partial charge in [0.2, 0.25) is 0 Å². The highest BCUT2D eigenvalue weighted by Gasteiger charge is 2.55. The van der Waals surface area contributed by atoms with Crippen LogP contribution in [0, 0.1) is 5.92 Å². The van der Waals surface area contributed by atoms with Crippen molar-refractivity contribution in [2.75, 3.05) is 6.54 Å². The first-order valence-corrected chi connectivity index (χ1v) is 10.7. The molecule has 0 unspecified atom stereocenters. The van der Waals surface area contributed by atoms with Crippen LogP contribution in [0.1, 0.15) is 38.3 Å². The first-order chi connectivity index (χ1) is 14.0. The lowest BCUT2D eigenvalue weighted by atomic mass is 9.73. The number of esters is 1. The molecule has 1 aromatic heterocycles. The number of carbonyl (C=O) groups is 3. The minimum atomic E-state index is -0.866. The van der Waals surface area contributed by atoms with E-state index in [1.54, 1.807) is 0 Å². The number of hydrogen-bond acceptors (Lipinski definition) is 6. The van der Waals surface area contributed by atoms with E-state index in [-0.39, 0.29) is 25.0 Å². The number of carbonyl (C=O) groups excluding carboxylic acids is 3. The zero-order chi connectivity index (χ0) is 20.4. The summed E-state index contributed by atoms with van der Waals surface area (Å²) in [6.45, 7) is 1.61. The molecule has 0 bridgehead atoms. The lowest BCUT2D eigenvalue weighted by Gasteiger charge is -2.36. The number of hydrogen-bond donors (Lipinski definition) is 1. The SMILES string of the molecule is C[C@@H]1CCCC[C@]12NC(=O)N(CC(=O)OCc1csc(-c3ccccc3)n1)C2=O. The van der Waals surface area contributed by atoms with Crippen molar-refractivity contribution in [2.45, 2.75) is 44.8 Å². The molecule has 8 heteroatoms. The summed E-state index contributed by atoms with van der Waals surface area (Å²) in [6.07, 6.45) is 3.44. The molecule has 1 aromatic carbocycles. The van der Waals surface area contributed by atoms with Gasteiger partial charge < -0.3 is 10.1 Å². The highest BCUT2D eigenvalue weighted by Crippen LogP contribution is 2.38. The van der Waals surface area contributed by atoms with Crippen LogP contribution in [0.2, 0.25) is 0 Å². The van der Waals surface area contributed by atoms with Crippen molar-refractivity contribution in [1.82, 2.24) is 15.2 Å². The van der Waals surface area contributed by atoms with E-state index in [0.717, 1.165) is 34.7 Å². The maximum absolute atomic E-state index is 12.9. The normalized spacial score (nSPS) is 24.0. The van der Waals surface area contributed by atoms with Gasteiger partial charge in [-0.25, -0.2) is 9.78 Å². The van der Waals surface area contributed by atoms with Crippen molar-refractivity contribution >= 4 is 29.2 Å². The predicted octanol–water partition coefficient (Wildman–Crippen LogP) is 3.35. The fraction of sp³-hybridized carbons (Fsp3) is 0.429. The fourth-order valence-corrected chi connectivity index (χ4v) is 4.87. The molecule has 2 atom stereocenters. The molecule has 3 amide bonds. The lowest BCUT2D eigenvalue weighted by Crippen LogP contribution is -2.54. The van der Waals surface area contributed by atoms with E-state index < -0.39 is 17.5 Å². The van der Waals surface area contributed by atoms with E-state index in [0.29, 0.717) is 12.1 Å². The average molecular weight is 413 g/mol. The molecule has 1 spiro atoms. The Morgan fingerprint density at radius 2 is 2.10 bits per heavy atom. The molecule has 1 aliphatic heterocycles. The summed E-state index contributed by atoms with van der Waals surface area (Å²) in [4.78, 5) is 43.0. The molecular formula is C21H23N3O4S. The van der Waals surface area contributed by atoms with E-state index in [1.165, 1.54) is 11.3 Å². The molecule has 2 heterocycles. The van der Waals surface area contributed by atoms with Crippen LogP contribution in [-0.2, 0) is 20.9 Å². The monoisotopic (exact) mass is 413 g/mol. The van der Waals surface area contributed by atoms with Crippen LogP contribution in [-0.4, -0.2) is 39.9 Å². The molecule has 1 N–H and O–H groups in total. The summed E-state index contributed by atoms with van der Waals surface area (Å²) in [7, 11) is 0.